The predicted molar refractivity (Wildman–Crippen MR) is 76.5 cm³/mol. The molecule has 0 bridgehead atoms. The number of hydrogen-bond donors (Lipinski definition) is 2. The maximum Gasteiger partial charge on any atom is 0.140 e. The normalized spacial score (nSPS) is 25.0. The maximum absolute atomic E-state index is 5.41. The predicted octanol–water partition coefficient (Wildman–Crippen LogP) is 1.04. The van der Waals surface area contributed by atoms with Gasteiger partial charge in [-0.05, 0) is 51.0 Å². The van der Waals surface area contributed by atoms with E-state index in [0.29, 0.717) is 0 Å². The van der Waals surface area contributed by atoms with Gasteiger partial charge in [-0.25, -0.2) is 10.8 Å². The monoisotopic (exact) mass is 261 g/mol. The van der Waals surface area contributed by atoms with Crippen LogP contribution < -0.4 is 11.3 Å². The molecule has 1 aromatic rings. The van der Waals surface area contributed by atoms with Gasteiger partial charge in [0.15, 0.2) is 0 Å². The molecule has 3 heterocycles. The average Bonchev–Trinajstić information content (AvgIpc) is 2.78. The summed E-state index contributed by atoms with van der Waals surface area (Å²) in [6, 6.07) is 6.75. The number of pyridine rings is 1. The van der Waals surface area contributed by atoms with Gasteiger partial charge in [0, 0.05) is 19.1 Å². The summed E-state index contributed by atoms with van der Waals surface area (Å²) in [6.07, 6.45) is 3.99. The van der Waals surface area contributed by atoms with Gasteiger partial charge in [-0.2, -0.15) is 0 Å². The molecule has 0 amide bonds. The first kappa shape index (κ1) is 12.8. The minimum absolute atomic E-state index is 0.745. The molecule has 3 rings (SSSR count). The number of nitrogen functional groups attached to an aromatic ring is 1. The van der Waals surface area contributed by atoms with E-state index in [0.717, 1.165) is 24.1 Å². The summed E-state index contributed by atoms with van der Waals surface area (Å²) in [4.78, 5) is 9.71. The third-order valence-corrected chi connectivity index (χ3v) is 4.23. The maximum atomic E-state index is 5.41. The smallest absolute Gasteiger partial charge is 0.140 e. The summed E-state index contributed by atoms with van der Waals surface area (Å²) in [5.74, 6) is 6.16. The van der Waals surface area contributed by atoms with Crippen LogP contribution in [-0.4, -0.2) is 47.0 Å². The van der Waals surface area contributed by atoms with Gasteiger partial charge in [0.1, 0.15) is 5.82 Å². The average molecular weight is 261 g/mol. The highest BCUT2D eigenvalue weighted by molar-refractivity contribution is 5.33. The van der Waals surface area contributed by atoms with Gasteiger partial charge in [0.05, 0.1) is 5.69 Å². The van der Waals surface area contributed by atoms with Crippen LogP contribution in [0.1, 0.15) is 25.0 Å². The molecule has 5 nitrogen and oxygen atoms in total. The minimum atomic E-state index is 0.745. The van der Waals surface area contributed by atoms with E-state index in [1.807, 2.05) is 12.1 Å². The van der Waals surface area contributed by atoms with Gasteiger partial charge < -0.3 is 5.43 Å². The van der Waals surface area contributed by atoms with Crippen molar-refractivity contribution in [3.63, 3.8) is 0 Å². The van der Waals surface area contributed by atoms with Crippen LogP contribution in [0, 0.1) is 0 Å². The molecular weight excluding hydrogens is 238 g/mol. The standard InChI is InChI=1S/C14H23N5/c15-17-14-6-1-4-12(16-14)10-18-7-3-9-19-8-2-5-13(19)11-18/h1,4,6,13H,2-3,5,7-11,15H2,(H,16,17). The van der Waals surface area contributed by atoms with Crippen LogP contribution in [-0.2, 0) is 6.54 Å². The number of hydrogen-bond acceptors (Lipinski definition) is 5. The number of nitrogens with two attached hydrogens (primary N) is 1. The molecule has 2 aliphatic heterocycles. The van der Waals surface area contributed by atoms with Crippen molar-refractivity contribution >= 4 is 5.82 Å². The van der Waals surface area contributed by atoms with Gasteiger partial charge in [0.2, 0.25) is 0 Å². The van der Waals surface area contributed by atoms with Crippen molar-refractivity contribution in [2.75, 3.05) is 31.6 Å². The van der Waals surface area contributed by atoms with E-state index in [-0.39, 0.29) is 0 Å². The van der Waals surface area contributed by atoms with Crippen molar-refractivity contribution in [2.24, 2.45) is 5.84 Å². The van der Waals surface area contributed by atoms with Crippen LogP contribution in [0.2, 0.25) is 0 Å². The first-order valence-electron chi connectivity index (χ1n) is 7.24. The molecule has 1 atom stereocenters. The molecule has 0 spiro atoms. The Morgan fingerprint density at radius 2 is 2.16 bits per heavy atom. The molecule has 5 heteroatoms. The van der Waals surface area contributed by atoms with Crippen LogP contribution in [0.25, 0.3) is 0 Å². The highest BCUT2D eigenvalue weighted by atomic mass is 15.3. The minimum Gasteiger partial charge on any atom is -0.308 e. The fraction of sp³-hybridized carbons (Fsp3) is 0.643. The van der Waals surface area contributed by atoms with E-state index in [1.54, 1.807) is 0 Å². The zero-order valence-corrected chi connectivity index (χ0v) is 11.4. The summed E-state index contributed by atoms with van der Waals surface area (Å²) < 4.78 is 0. The Kier molecular flexibility index (Phi) is 3.96. The molecule has 19 heavy (non-hydrogen) atoms. The van der Waals surface area contributed by atoms with Gasteiger partial charge >= 0.3 is 0 Å². The van der Waals surface area contributed by atoms with Crippen LogP contribution in [0.15, 0.2) is 18.2 Å². The molecule has 104 valence electrons. The summed E-state index contributed by atoms with van der Waals surface area (Å²) in [6.45, 7) is 5.85. The topological polar surface area (TPSA) is 57.4 Å². The number of fused-ring (bicyclic) bond motifs is 1. The largest absolute Gasteiger partial charge is 0.308 e. The first-order valence-corrected chi connectivity index (χ1v) is 7.24. The van der Waals surface area contributed by atoms with Gasteiger partial charge in [0.25, 0.3) is 0 Å². The Hall–Kier alpha value is -1.17. The molecule has 1 aromatic heterocycles. The number of aromatic nitrogens is 1. The lowest BCUT2D eigenvalue weighted by atomic mass is 10.2. The Balaban J connectivity index is 1.65. The molecule has 0 aliphatic carbocycles. The Morgan fingerprint density at radius 3 is 3.05 bits per heavy atom. The molecule has 0 saturated carbocycles. The molecule has 3 N–H and O–H groups in total. The zero-order valence-electron chi connectivity index (χ0n) is 11.4. The lowest BCUT2D eigenvalue weighted by molar-refractivity contribution is 0.214. The third kappa shape index (κ3) is 3.05. The lowest BCUT2D eigenvalue weighted by Crippen LogP contribution is -2.36. The van der Waals surface area contributed by atoms with E-state index in [1.165, 1.54) is 45.4 Å². The van der Waals surface area contributed by atoms with Crippen molar-refractivity contribution in [3.8, 4) is 0 Å². The molecule has 0 aromatic carbocycles. The second kappa shape index (κ2) is 5.86. The highest BCUT2D eigenvalue weighted by Crippen LogP contribution is 2.22. The van der Waals surface area contributed by atoms with Gasteiger partial charge in [-0.3, -0.25) is 9.80 Å². The van der Waals surface area contributed by atoms with Crippen molar-refractivity contribution < 1.29 is 0 Å². The van der Waals surface area contributed by atoms with Crippen molar-refractivity contribution in [3.05, 3.63) is 23.9 Å². The Labute approximate surface area is 114 Å². The number of nitrogens with one attached hydrogen (secondary N) is 1. The van der Waals surface area contributed by atoms with E-state index in [9.17, 15) is 0 Å². The Morgan fingerprint density at radius 1 is 1.26 bits per heavy atom. The number of hydrazine groups is 1. The fourth-order valence-electron chi connectivity index (χ4n) is 3.30. The second-order valence-electron chi connectivity index (χ2n) is 5.58. The molecule has 2 aliphatic rings. The van der Waals surface area contributed by atoms with Crippen molar-refractivity contribution in [1.29, 1.82) is 0 Å². The summed E-state index contributed by atoms with van der Waals surface area (Å²) >= 11 is 0. The number of nitrogens with zero attached hydrogens (tertiary/aromatic N) is 3. The van der Waals surface area contributed by atoms with Gasteiger partial charge in [-0.15, -0.1) is 0 Å². The summed E-state index contributed by atoms with van der Waals surface area (Å²) in [7, 11) is 0. The molecular formula is C14H23N5. The number of anilines is 1. The number of rotatable bonds is 3. The summed E-state index contributed by atoms with van der Waals surface area (Å²) in [5.41, 5.74) is 3.72. The van der Waals surface area contributed by atoms with Crippen molar-refractivity contribution in [1.82, 2.24) is 14.8 Å². The van der Waals surface area contributed by atoms with Crippen LogP contribution in [0.4, 0.5) is 5.82 Å². The van der Waals surface area contributed by atoms with Gasteiger partial charge in [-0.1, -0.05) is 6.07 Å². The van der Waals surface area contributed by atoms with Crippen molar-refractivity contribution in [2.45, 2.75) is 31.8 Å². The van der Waals surface area contributed by atoms with Crippen LogP contribution >= 0.6 is 0 Å². The second-order valence-corrected chi connectivity index (χ2v) is 5.58. The van der Waals surface area contributed by atoms with Crippen LogP contribution in [0.3, 0.4) is 0 Å². The molecule has 0 radical (unpaired) electrons. The van der Waals surface area contributed by atoms with Crippen LogP contribution in [0.5, 0.6) is 0 Å². The summed E-state index contributed by atoms with van der Waals surface area (Å²) in [5, 5.41) is 0. The quantitative estimate of drug-likeness (QED) is 0.629. The van der Waals surface area contributed by atoms with E-state index in [4.69, 9.17) is 5.84 Å². The lowest BCUT2D eigenvalue weighted by Gasteiger charge is -2.25. The molecule has 2 fully saturated rings. The molecule has 1 unspecified atom stereocenters. The van der Waals surface area contributed by atoms with E-state index < -0.39 is 0 Å². The molecule has 2 saturated heterocycles. The zero-order chi connectivity index (χ0) is 13.1. The highest BCUT2D eigenvalue weighted by Gasteiger charge is 2.28. The van der Waals surface area contributed by atoms with E-state index >= 15 is 0 Å². The Bertz CT molecular complexity index is 422. The van der Waals surface area contributed by atoms with E-state index in [2.05, 4.69) is 26.3 Å². The third-order valence-electron chi connectivity index (χ3n) is 4.23. The first-order chi connectivity index (χ1) is 9.35. The fourth-order valence-corrected chi connectivity index (χ4v) is 3.30. The SMILES string of the molecule is NNc1cccc(CN2CCCN3CCCC3C2)n1.